The largest absolute Gasteiger partial charge is 0.481 e. The number of hydrogen-bond donors (Lipinski definition) is 2. The second-order valence-electron chi connectivity index (χ2n) is 3.87. The molecule has 0 aliphatic rings. The van der Waals surface area contributed by atoms with Crippen LogP contribution >= 0.6 is 12.4 Å². The van der Waals surface area contributed by atoms with Crippen LogP contribution in [0.3, 0.4) is 0 Å². The molecule has 0 aliphatic heterocycles. The standard InChI is InChI=1S/C13H17NO3.ClH/c1-2-7-14-9-12(15)11-5-3-10(4-6-11)8-13(16)17;/h3-6,14H,2,7-9H2,1H3,(H,16,17);1H. The smallest absolute Gasteiger partial charge is 0.307 e. The van der Waals surface area contributed by atoms with E-state index in [-0.39, 0.29) is 24.6 Å². The Morgan fingerprint density at radius 3 is 2.33 bits per heavy atom. The molecule has 1 rings (SSSR count). The van der Waals surface area contributed by atoms with Gasteiger partial charge in [-0.15, -0.1) is 12.4 Å². The van der Waals surface area contributed by atoms with Gasteiger partial charge in [0.1, 0.15) is 0 Å². The van der Waals surface area contributed by atoms with E-state index in [4.69, 9.17) is 5.11 Å². The number of nitrogens with one attached hydrogen (secondary N) is 1. The van der Waals surface area contributed by atoms with Gasteiger partial charge in [-0.05, 0) is 18.5 Å². The van der Waals surface area contributed by atoms with Crippen LogP contribution in [-0.2, 0) is 11.2 Å². The van der Waals surface area contributed by atoms with Crippen molar-refractivity contribution in [3.05, 3.63) is 35.4 Å². The molecule has 0 spiro atoms. The Morgan fingerprint density at radius 1 is 1.22 bits per heavy atom. The third-order valence-electron chi connectivity index (χ3n) is 2.34. The van der Waals surface area contributed by atoms with Crippen molar-refractivity contribution in [1.82, 2.24) is 5.32 Å². The molecule has 0 heterocycles. The summed E-state index contributed by atoms with van der Waals surface area (Å²) in [7, 11) is 0. The Balaban J connectivity index is 0.00000289. The van der Waals surface area contributed by atoms with Gasteiger partial charge < -0.3 is 10.4 Å². The minimum Gasteiger partial charge on any atom is -0.481 e. The second kappa shape index (κ2) is 8.66. The van der Waals surface area contributed by atoms with Gasteiger partial charge in [-0.2, -0.15) is 0 Å². The molecule has 0 saturated carbocycles. The van der Waals surface area contributed by atoms with Crippen LogP contribution in [0, 0.1) is 0 Å². The van der Waals surface area contributed by atoms with Crippen LogP contribution in [0.15, 0.2) is 24.3 Å². The highest BCUT2D eigenvalue weighted by Crippen LogP contribution is 2.05. The molecule has 0 aliphatic carbocycles. The summed E-state index contributed by atoms with van der Waals surface area (Å²) >= 11 is 0. The van der Waals surface area contributed by atoms with E-state index in [0.717, 1.165) is 13.0 Å². The Bertz CT molecular complexity index is 390. The van der Waals surface area contributed by atoms with Crippen LogP contribution in [-0.4, -0.2) is 29.9 Å². The number of Topliss-reactive ketones (excluding diaryl/α,β-unsaturated/α-hetero) is 1. The molecule has 0 bridgehead atoms. The summed E-state index contributed by atoms with van der Waals surface area (Å²) in [5, 5.41) is 11.6. The third-order valence-corrected chi connectivity index (χ3v) is 2.34. The van der Waals surface area contributed by atoms with E-state index in [9.17, 15) is 9.59 Å². The predicted molar refractivity (Wildman–Crippen MR) is 72.5 cm³/mol. The van der Waals surface area contributed by atoms with Crippen molar-refractivity contribution >= 4 is 24.2 Å². The fourth-order valence-electron chi connectivity index (χ4n) is 1.46. The highest BCUT2D eigenvalue weighted by molar-refractivity contribution is 5.97. The van der Waals surface area contributed by atoms with E-state index in [1.165, 1.54) is 0 Å². The number of ketones is 1. The van der Waals surface area contributed by atoms with Gasteiger partial charge in [0.2, 0.25) is 0 Å². The number of carboxylic acids is 1. The summed E-state index contributed by atoms with van der Waals surface area (Å²) in [6, 6.07) is 6.71. The molecule has 1 aromatic rings. The lowest BCUT2D eigenvalue weighted by Crippen LogP contribution is -2.23. The van der Waals surface area contributed by atoms with E-state index >= 15 is 0 Å². The van der Waals surface area contributed by atoms with Crippen molar-refractivity contribution in [3.63, 3.8) is 0 Å². The zero-order chi connectivity index (χ0) is 12.7. The SMILES string of the molecule is CCCNCC(=O)c1ccc(CC(=O)O)cc1.Cl. The molecule has 4 nitrogen and oxygen atoms in total. The van der Waals surface area contributed by atoms with Gasteiger partial charge in [-0.1, -0.05) is 31.2 Å². The highest BCUT2D eigenvalue weighted by atomic mass is 35.5. The van der Waals surface area contributed by atoms with E-state index in [0.29, 0.717) is 17.7 Å². The number of carbonyl (C=O) groups is 2. The summed E-state index contributed by atoms with van der Waals surface area (Å²) in [6.45, 7) is 3.19. The second-order valence-corrected chi connectivity index (χ2v) is 3.87. The maximum Gasteiger partial charge on any atom is 0.307 e. The molecule has 18 heavy (non-hydrogen) atoms. The first-order valence-electron chi connectivity index (χ1n) is 5.68. The molecule has 1 aromatic carbocycles. The van der Waals surface area contributed by atoms with Crippen molar-refractivity contribution in [2.45, 2.75) is 19.8 Å². The predicted octanol–water partition coefficient (Wildman–Crippen LogP) is 1.92. The molecule has 100 valence electrons. The third kappa shape index (κ3) is 5.80. The minimum absolute atomic E-state index is 0. The van der Waals surface area contributed by atoms with Crippen molar-refractivity contribution in [2.75, 3.05) is 13.1 Å². The van der Waals surface area contributed by atoms with Gasteiger partial charge in [0.05, 0.1) is 13.0 Å². The summed E-state index contributed by atoms with van der Waals surface area (Å²) in [5.74, 6) is -0.839. The lowest BCUT2D eigenvalue weighted by Gasteiger charge is -2.03. The Labute approximate surface area is 113 Å². The molecule has 0 amide bonds. The van der Waals surface area contributed by atoms with Crippen LogP contribution in [0.25, 0.3) is 0 Å². The normalized spacial score (nSPS) is 9.61. The number of aliphatic carboxylic acids is 1. The Kier molecular flexibility index (Phi) is 8.00. The van der Waals surface area contributed by atoms with Gasteiger partial charge >= 0.3 is 5.97 Å². The molecular formula is C13H18ClNO3. The number of carbonyl (C=O) groups excluding carboxylic acids is 1. The van der Waals surface area contributed by atoms with Crippen molar-refractivity contribution in [2.24, 2.45) is 0 Å². The lowest BCUT2D eigenvalue weighted by molar-refractivity contribution is -0.136. The fraction of sp³-hybridized carbons (Fsp3) is 0.385. The van der Waals surface area contributed by atoms with Crippen LogP contribution in [0.4, 0.5) is 0 Å². The van der Waals surface area contributed by atoms with Crippen molar-refractivity contribution < 1.29 is 14.7 Å². The average molecular weight is 272 g/mol. The fourth-order valence-corrected chi connectivity index (χ4v) is 1.46. The van der Waals surface area contributed by atoms with Crippen LogP contribution < -0.4 is 5.32 Å². The molecule has 0 atom stereocenters. The summed E-state index contributed by atoms with van der Waals surface area (Å²) < 4.78 is 0. The van der Waals surface area contributed by atoms with Gasteiger partial charge in [-0.3, -0.25) is 9.59 Å². The van der Waals surface area contributed by atoms with E-state index in [2.05, 4.69) is 5.32 Å². The van der Waals surface area contributed by atoms with Gasteiger partial charge in [0.15, 0.2) is 5.78 Å². The first-order valence-corrected chi connectivity index (χ1v) is 5.68. The molecule has 0 unspecified atom stereocenters. The van der Waals surface area contributed by atoms with Crippen LogP contribution in [0.2, 0.25) is 0 Å². The molecule has 0 aromatic heterocycles. The van der Waals surface area contributed by atoms with E-state index in [1.807, 2.05) is 6.92 Å². The quantitative estimate of drug-likeness (QED) is 0.587. The molecule has 0 fully saturated rings. The first-order chi connectivity index (χ1) is 8.13. The maximum absolute atomic E-state index is 11.7. The molecule has 0 radical (unpaired) electrons. The van der Waals surface area contributed by atoms with Gasteiger partial charge in [-0.25, -0.2) is 0 Å². The monoisotopic (exact) mass is 271 g/mol. The summed E-state index contributed by atoms with van der Waals surface area (Å²) in [4.78, 5) is 22.2. The average Bonchev–Trinajstić information content (AvgIpc) is 2.29. The van der Waals surface area contributed by atoms with Crippen LogP contribution in [0.5, 0.6) is 0 Å². The van der Waals surface area contributed by atoms with E-state index in [1.54, 1.807) is 24.3 Å². The highest BCUT2D eigenvalue weighted by Gasteiger charge is 2.06. The number of halogens is 1. The number of rotatable bonds is 7. The number of benzene rings is 1. The summed E-state index contributed by atoms with van der Waals surface area (Å²) in [5.41, 5.74) is 1.32. The van der Waals surface area contributed by atoms with Crippen molar-refractivity contribution in [3.8, 4) is 0 Å². The molecule has 2 N–H and O–H groups in total. The lowest BCUT2D eigenvalue weighted by atomic mass is 10.1. The van der Waals surface area contributed by atoms with E-state index < -0.39 is 5.97 Å². The van der Waals surface area contributed by atoms with Crippen LogP contribution in [0.1, 0.15) is 29.3 Å². The van der Waals surface area contributed by atoms with Crippen molar-refractivity contribution in [1.29, 1.82) is 0 Å². The minimum atomic E-state index is -0.867. The molecular weight excluding hydrogens is 254 g/mol. The van der Waals surface area contributed by atoms with Gasteiger partial charge in [0.25, 0.3) is 0 Å². The Hall–Kier alpha value is -1.39. The molecule has 5 heteroatoms. The molecule has 0 saturated heterocycles. The topological polar surface area (TPSA) is 66.4 Å². The zero-order valence-electron chi connectivity index (χ0n) is 10.3. The van der Waals surface area contributed by atoms with Gasteiger partial charge in [0, 0.05) is 5.56 Å². The Morgan fingerprint density at radius 2 is 1.83 bits per heavy atom. The first kappa shape index (κ1) is 16.6. The maximum atomic E-state index is 11.7. The zero-order valence-corrected chi connectivity index (χ0v) is 11.1. The number of carboxylic acid groups (broad SMARTS) is 1. The number of hydrogen-bond acceptors (Lipinski definition) is 3. The summed E-state index contributed by atoms with van der Waals surface area (Å²) in [6.07, 6.45) is 0.980.